The van der Waals surface area contributed by atoms with Gasteiger partial charge in [0, 0.05) is 11.6 Å². The molecule has 0 radical (unpaired) electrons. The number of anilines is 1. The van der Waals surface area contributed by atoms with Crippen molar-refractivity contribution < 1.29 is 0 Å². The maximum atomic E-state index is 5.49. The van der Waals surface area contributed by atoms with Crippen LogP contribution in [0.5, 0.6) is 0 Å². The van der Waals surface area contributed by atoms with Crippen molar-refractivity contribution in [1.82, 2.24) is 15.0 Å². The Kier molecular flexibility index (Phi) is 1.30. The van der Waals surface area contributed by atoms with Gasteiger partial charge in [-0.25, -0.2) is 4.98 Å². The summed E-state index contributed by atoms with van der Waals surface area (Å²) < 4.78 is 0. The molecule has 0 aliphatic carbocycles. The summed E-state index contributed by atoms with van der Waals surface area (Å²) >= 11 is 0. The number of hydrogen-bond donors (Lipinski definition) is 2. The Labute approximate surface area is 69.8 Å². The number of H-pyrrole nitrogens is 1. The predicted octanol–water partition coefficient (Wildman–Crippen LogP) is 1.16. The molecule has 0 bridgehead atoms. The number of rotatable bonds is 0. The third kappa shape index (κ3) is 0.845. The average Bonchev–Trinajstić information content (AvgIpc) is 2.31. The number of nitrogens with two attached hydrogens (primary N) is 1. The van der Waals surface area contributed by atoms with Gasteiger partial charge in [-0.05, 0) is 19.4 Å². The molecule has 0 saturated carbocycles. The summed E-state index contributed by atoms with van der Waals surface area (Å²) in [7, 11) is 0. The Morgan fingerprint density at radius 1 is 1.33 bits per heavy atom. The fraction of sp³-hybridized carbons (Fsp3) is 0.250. The molecule has 2 rings (SSSR count). The molecular weight excluding hydrogens is 152 g/mol. The van der Waals surface area contributed by atoms with Crippen LogP contribution in [0.15, 0.2) is 6.20 Å². The third-order valence-corrected chi connectivity index (χ3v) is 1.93. The highest BCUT2D eigenvalue weighted by Crippen LogP contribution is 2.18. The standard InChI is InChI=1S/C8H10N4/c1-4-3-10-7-6(4)5(2)11-8(9)12-7/h3H,1-2H3,(H3,9,10,11,12). The minimum absolute atomic E-state index is 0.321. The first kappa shape index (κ1) is 7.09. The van der Waals surface area contributed by atoms with Gasteiger partial charge < -0.3 is 10.7 Å². The van der Waals surface area contributed by atoms with Crippen molar-refractivity contribution in [2.45, 2.75) is 13.8 Å². The molecule has 2 heterocycles. The fourth-order valence-electron chi connectivity index (χ4n) is 1.42. The Morgan fingerprint density at radius 2 is 2.08 bits per heavy atom. The zero-order valence-corrected chi connectivity index (χ0v) is 7.05. The monoisotopic (exact) mass is 162 g/mol. The largest absolute Gasteiger partial charge is 0.368 e. The fourth-order valence-corrected chi connectivity index (χ4v) is 1.42. The van der Waals surface area contributed by atoms with Gasteiger partial charge in [0.1, 0.15) is 5.65 Å². The molecule has 0 atom stereocenters. The van der Waals surface area contributed by atoms with Gasteiger partial charge in [0.25, 0.3) is 0 Å². The lowest BCUT2D eigenvalue weighted by atomic mass is 10.2. The number of aryl methyl sites for hydroxylation is 2. The maximum Gasteiger partial charge on any atom is 0.222 e. The highest BCUT2D eigenvalue weighted by atomic mass is 15.0. The summed E-state index contributed by atoms with van der Waals surface area (Å²) in [6, 6.07) is 0. The summed E-state index contributed by atoms with van der Waals surface area (Å²) in [5, 5.41) is 1.07. The van der Waals surface area contributed by atoms with Crippen LogP contribution in [0, 0.1) is 13.8 Å². The Balaban J connectivity index is 2.93. The number of nitrogen functional groups attached to an aromatic ring is 1. The van der Waals surface area contributed by atoms with E-state index in [9.17, 15) is 0 Å². The van der Waals surface area contributed by atoms with Gasteiger partial charge in [0.05, 0.1) is 5.69 Å². The number of nitrogens with zero attached hydrogens (tertiary/aromatic N) is 2. The highest BCUT2D eigenvalue weighted by Gasteiger charge is 2.05. The van der Waals surface area contributed by atoms with Gasteiger partial charge in [-0.2, -0.15) is 4.98 Å². The molecule has 0 fully saturated rings. The molecule has 3 N–H and O–H groups in total. The van der Waals surface area contributed by atoms with Gasteiger partial charge in [0.2, 0.25) is 5.95 Å². The number of nitrogens with one attached hydrogen (secondary N) is 1. The number of fused-ring (bicyclic) bond motifs is 1. The molecule has 0 aliphatic heterocycles. The zero-order chi connectivity index (χ0) is 8.72. The molecule has 4 nitrogen and oxygen atoms in total. The molecule has 2 aromatic rings. The van der Waals surface area contributed by atoms with Crippen molar-refractivity contribution in [1.29, 1.82) is 0 Å². The topological polar surface area (TPSA) is 67.6 Å². The molecule has 0 aromatic carbocycles. The van der Waals surface area contributed by atoms with Crippen molar-refractivity contribution in [2.75, 3.05) is 5.73 Å². The minimum atomic E-state index is 0.321. The van der Waals surface area contributed by atoms with Gasteiger partial charge in [-0.3, -0.25) is 0 Å². The van der Waals surface area contributed by atoms with Gasteiger partial charge in [-0.1, -0.05) is 0 Å². The SMILES string of the molecule is Cc1c[nH]c2nc(N)nc(C)c12. The van der Waals surface area contributed by atoms with E-state index in [1.54, 1.807) is 0 Å². The van der Waals surface area contributed by atoms with E-state index < -0.39 is 0 Å². The second kappa shape index (κ2) is 2.20. The quantitative estimate of drug-likeness (QED) is 0.610. The first-order chi connectivity index (χ1) is 5.68. The number of aromatic amines is 1. The van der Waals surface area contributed by atoms with Crippen molar-refractivity contribution >= 4 is 17.0 Å². The summed E-state index contributed by atoms with van der Waals surface area (Å²) in [5.74, 6) is 0.321. The minimum Gasteiger partial charge on any atom is -0.368 e. The van der Waals surface area contributed by atoms with E-state index in [1.807, 2.05) is 20.0 Å². The molecule has 2 aromatic heterocycles. The van der Waals surface area contributed by atoms with E-state index in [0.717, 1.165) is 22.3 Å². The number of aromatic nitrogens is 3. The van der Waals surface area contributed by atoms with Crippen LogP contribution in [0.4, 0.5) is 5.95 Å². The zero-order valence-electron chi connectivity index (χ0n) is 7.05. The van der Waals surface area contributed by atoms with Crippen molar-refractivity contribution in [3.8, 4) is 0 Å². The Morgan fingerprint density at radius 3 is 2.83 bits per heavy atom. The van der Waals surface area contributed by atoms with Crippen molar-refractivity contribution in [3.05, 3.63) is 17.5 Å². The van der Waals surface area contributed by atoms with Crippen LogP contribution < -0.4 is 5.73 Å². The van der Waals surface area contributed by atoms with Crippen molar-refractivity contribution in [2.24, 2.45) is 0 Å². The normalized spacial score (nSPS) is 10.8. The summed E-state index contributed by atoms with van der Waals surface area (Å²) in [6.07, 6.45) is 1.91. The number of hydrogen-bond acceptors (Lipinski definition) is 3. The molecule has 4 heteroatoms. The van der Waals surface area contributed by atoms with Crippen LogP contribution in [0.2, 0.25) is 0 Å². The second-order valence-electron chi connectivity index (χ2n) is 2.86. The first-order valence-corrected chi connectivity index (χ1v) is 3.76. The van der Waals surface area contributed by atoms with Crippen molar-refractivity contribution in [3.63, 3.8) is 0 Å². The predicted molar refractivity (Wildman–Crippen MR) is 47.8 cm³/mol. The van der Waals surface area contributed by atoms with Crippen LogP contribution in [-0.4, -0.2) is 15.0 Å². The molecule has 0 spiro atoms. The van der Waals surface area contributed by atoms with Crippen LogP contribution in [0.25, 0.3) is 11.0 Å². The van der Waals surface area contributed by atoms with E-state index in [4.69, 9.17) is 5.73 Å². The van der Waals surface area contributed by atoms with Crippen LogP contribution in [0.3, 0.4) is 0 Å². The molecule has 0 aliphatic rings. The summed E-state index contributed by atoms with van der Waals surface area (Å²) in [5.41, 5.74) is 8.39. The van der Waals surface area contributed by atoms with E-state index >= 15 is 0 Å². The summed E-state index contributed by atoms with van der Waals surface area (Å²) in [4.78, 5) is 11.2. The Bertz CT molecular complexity index is 430. The second-order valence-corrected chi connectivity index (χ2v) is 2.86. The van der Waals surface area contributed by atoms with E-state index in [1.165, 1.54) is 0 Å². The van der Waals surface area contributed by atoms with E-state index in [2.05, 4.69) is 15.0 Å². The smallest absolute Gasteiger partial charge is 0.222 e. The Hall–Kier alpha value is -1.58. The van der Waals surface area contributed by atoms with E-state index in [0.29, 0.717) is 5.95 Å². The van der Waals surface area contributed by atoms with Gasteiger partial charge in [-0.15, -0.1) is 0 Å². The van der Waals surface area contributed by atoms with E-state index in [-0.39, 0.29) is 0 Å². The average molecular weight is 162 g/mol. The lowest BCUT2D eigenvalue weighted by Gasteiger charge is -1.97. The lowest BCUT2D eigenvalue weighted by Crippen LogP contribution is -1.96. The molecule has 0 saturated heterocycles. The molecule has 12 heavy (non-hydrogen) atoms. The summed E-state index contributed by atoms with van der Waals surface area (Å²) in [6.45, 7) is 3.95. The molecule has 0 amide bonds. The molecule has 0 unspecified atom stereocenters. The maximum absolute atomic E-state index is 5.49. The van der Waals surface area contributed by atoms with Crippen LogP contribution in [0.1, 0.15) is 11.3 Å². The molecule has 62 valence electrons. The first-order valence-electron chi connectivity index (χ1n) is 3.76. The highest BCUT2D eigenvalue weighted by molar-refractivity contribution is 5.82. The molecular formula is C8H10N4. The van der Waals surface area contributed by atoms with Gasteiger partial charge in [0.15, 0.2) is 0 Å². The third-order valence-electron chi connectivity index (χ3n) is 1.93. The van der Waals surface area contributed by atoms with Crippen LogP contribution >= 0.6 is 0 Å². The lowest BCUT2D eigenvalue weighted by molar-refractivity contribution is 1.16. The van der Waals surface area contributed by atoms with Crippen LogP contribution in [-0.2, 0) is 0 Å². The van der Waals surface area contributed by atoms with Gasteiger partial charge >= 0.3 is 0 Å².